The molecule has 0 aliphatic carbocycles. The van der Waals surface area contributed by atoms with Gasteiger partial charge in [-0.05, 0) is 55.4 Å². The minimum Gasteiger partial charge on any atom is -0.338 e. The van der Waals surface area contributed by atoms with Crippen LogP contribution in [0.3, 0.4) is 0 Å². The van der Waals surface area contributed by atoms with E-state index in [9.17, 15) is 9.18 Å². The van der Waals surface area contributed by atoms with Crippen LogP contribution in [0.4, 0.5) is 10.1 Å². The summed E-state index contributed by atoms with van der Waals surface area (Å²) in [6.45, 7) is 4.95. The second-order valence-corrected chi connectivity index (χ2v) is 6.77. The number of benzene rings is 2. The molecule has 3 rings (SSSR count). The average molecular weight is 403 g/mol. The molecule has 2 aromatic carbocycles. The highest BCUT2D eigenvalue weighted by Crippen LogP contribution is 2.20. The van der Waals surface area contributed by atoms with Crippen molar-refractivity contribution in [3.8, 4) is 11.4 Å². The van der Waals surface area contributed by atoms with Crippen LogP contribution in [-0.2, 0) is 11.3 Å². The van der Waals surface area contributed by atoms with Gasteiger partial charge in [-0.2, -0.15) is 4.98 Å². The molecule has 0 spiro atoms. The Labute approximate surface area is 167 Å². The Morgan fingerprint density at radius 2 is 2.00 bits per heavy atom. The lowest BCUT2D eigenvalue weighted by molar-refractivity contribution is -0.117. The molecule has 146 valence electrons. The minimum absolute atomic E-state index is 0.162. The summed E-state index contributed by atoms with van der Waals surface area (Å²) in [6, 6.07) is 11.2. The number of carbonyl (C=O) groups excluding carboxylic acids is 1. The SMILES string of the molecule is CCN(CC(=O)Nc1cc(Cl)ccc1C)Cc1nc(-c2ccc(F)cc2)no1. The first-order valence-electron chi connectivity index (χ1n) is 8.81. The van der Waals surface area contributed by atoms with Crippen molar-refractivity contribution < 1.29 is 13.7 Å². The van der Waals surface area contributed by atoms with E-state index in [1.54, 1.807) is 24.3 Å². The molecule has 8 heteroatoms. The number of hydrogen-bond acceptors (Lipinski definition) is 5. The first-order chi connectivity index (χ1) is 13.4. The number of amides is 1. The van der Waals surface area contributed by atoms with E-state index in [2.05, 4.69) is 15.5 Å². The van der Waals surface area contributed by atoms with E-state index in [1.165, 1.54) is 12.1 Å². The largest absolute Gasteiger partial charge is 0.338 e. The lowest BCUT2D eigenvalue weighted by atomic mass is 10.2. The van der Waals surface area contributed by atoms with Crippen molar-refractivity contribution in [1.29, 1.82) is 0 Å². The van der Waals surface area contributed by atoms with Crippen LogP contribution in [0.2, 0.25) is 5.02 Å². The highest BCUT2D eigenvalue weighted by atomic mass is 35.5. The number of aryl methyl sites for hydroxylation is 1. The lowest BCUT2D eigenvalue weighted by Crippen LogP contribution is -2.33. The summed E-state index contributed by atoms with van der Waals surface area (Å²) in [7, 11) is 0. The topological polar surface area (TPSA) is 71.3 Å². The van der Waals surface area contributed by atoms with Crippen LogP contribution in [-0.4, -0.2) is 34.0 Å². The fourth-order valence-electron chi connectivity index (χ4n) is 2.63. The van der Waals surface area contributed by atoms with E-state index in [0.29, 0.717) is 41.1 Å². The second-order valence-electron chi connectivity index (χ2n) is 6.33. The smallest absolute Gasteiger partial charge is 0.241 e. The number of anilines is 1. The maximum Gasteiger partial charge on any atom is 0.241 e. The highest BCUT2D eigenvalue weighted by molar-refractivity contribution is 6.31. The van der Waals surface area contributed by atoms with E-state index in [-0.39, 0.29) is 18.3 Å². The van der Waals surface area contributed by atoms with Gasteiger partial charge in [-0.15, -0.1) is 0 Å². The van der Waals surface area contributed by atoms with Gasteiger partial charge in [0, 0.05) is 16.3 Å². The van der Waals surface area contributed by atoms with Crippen LogP contribution in [0.1, 0.15) is 18.4 Å². The number of hydrogen-bond donors (Lipinski definition) is 1. The Bertz CT molecular complexity index is 959. The van der Waals surface area contributed by atoms with Crippen LogP contribution in [0.5, 0.6) is 0 Å². The van der Waals surface area contributed by atoms with Gasteiger partial charge in [0.1, 0.15) is 5.82 Å². The number of halogens is 2. The number of carbonyl (C=O) groups is 1. The zero-order chi connectivity index (χ0) is 20.1. The summed E-state index contributed by atoms with van der Waals surface area (Å²) in [6.07, 6.45) is 0. The van der Waals surface area contributed by atoms with Crippen molar-refractivity contribution in [1.82, 2.24) is 15.0 Å². The Morgan fingerprint density at radius 3 is 2.71 bits per heavy atom. The van der Waals surface area contributed by atoms with Crippen LogP contribution < -0.4 is 5.32 Å². The van der Waals surface area contributed by atoms with Crippen molar-refractivity contribution in [2.75, 3.05) is 18.4 Å². The number of nitrogens with zero attached hydrogens (tertiary/aromatic N) is 3. The Kier molecular flexibility index (Phi) is 6.38. The lowest BCUT2D eigenvalue weighted by Gasteiger charge is -2.18. The van der Waals surface area contributed by atoms with Gasteiger partial charge < -0.3 is 9.84 Å². The molecule has 0 bridgehead atoms. The van der Waals surface area contributed by atoms with Gasteiger partial charge >= 0.3 is 0 Å². The van der Waals surface area contributed by atoms with Crippen LogP contribution in [0.15, 0.2) is 47.0 Å². The first kappa shape index (κ1) is 20.0. The second kappa shape index (κ2) is 8.95. The quantitative estimate of drug-likeness (QED) is 0.638. The third-order valence-electron chi connectivity index (χ3n) is 4.22. The summed E-state index contributed by atoms with van der Waals surface area (Å²) in [4.78, 5) is 18.6. The molecule has 0 unspecified atom stereocenters. The minimum atomic E-state index is -0.328. The van der Waals surface area contributed by atoms with Gasteiger partial charge in [0.25, 0.3) is 0 Å². The molecule has 0 radical (unpaired) electrons. The molecule has 3 aromatic rings. The molecule has 0 aliphatic rings. The van der Waals surface area contributed by atoms with Gasteiger partial charge in [0.05, 0.1) is 13.1 Å². The third-order valence-corrected chi connectivity index (χ3v) is 4.45. The van der Waals surface area contributed by atoms with Crippen molar-refractivity contribution in [2.24, 2.45) is 0 Å². The van der Waals surface area contributed by atoms with Gasteiger partial charge in [0.15, 0.2) is 0 Å². The summed E-state index contributed by atoms with van der Waals surface area (Å²) in [5, 5.41) is 7.35. The summed E-state index contributed by atoms with van der Waals surface area (Å²) >= 11 is 5.99. The predicted molar refractivity (Wildman–Crippen MR) is 105 cm³/mol. The first-order valence-corrected chi connectivity index (χ1v) is 9.19. The van der Waals surface area contributed by atoms with Gasteiger partial charge in [0.2, 0.25) is 17.6 Å². The molecule has 0 saturated carbocycles. The number of nitrogens with one attached hydrogen (secondary N) is 1. The molecule has 0 atom stereocenters. The van der Waals surface area contributed by atoms with Gasteiger partial charge in [-0.1, -0.05) is 29.7 Å². The zero-order valence-corrected chi connectivity index (χ0v) is 16.3. The van der Waals surface area contributed by atoms with Crippen molar-refractivity contribution >= 4 is 23.2 Å². The van der Waals surface area contributed by atoms with Crippen LogP contribution >= 0.6 is 11.6 Å². The number of rotatable bonds is 7. The van der Waals surface area contributed by atoms with E-state index >= 15 is 0 Å². The van der Waals surface area contributed by atoms with Gasteiger partial charge in [-0.25, -0.2) is 4.39 Å². The van der Waals surface area contributed by atoms with E-state index in [0.717, 1.165) is 5.56 Å². The molecule has 28 heavy (non-hydrogen) atoms. The maximum atomic E-state index is 13.0. The summed E-state index contributed by atoms with van der Waals surface area (Å²) in [5.41, 5.74) is 2.28. The van der Waals surface area contributed by atoms with E-state index in [4.69, 9.17) is 16.1 Å². The molecule has 1 aromatic heterocycles. The van der Waals surface area contributed by atoms with Crippen molar-refractivity contribution in [3.05, 3.63) is 64.8 Å². The van der Waals surface area contributed by atoms with Crippen molar-refractivity contribution in [2.45, 2.75) is 20.4 Å². The summed E-state index contributed by atoms with van der Waals surface area (Å²) in [5.74, 6) is 0.272. The van der Waals surface area contributed by atoms with Gasteiger partial charge in [-0.3, -0.25) is 9.69 Å². The molecule has 0 aliphatic heterocycles. The molecule has 0 saturated heterocycles. The molecule has 0 fully saturated rings. The molecule has 1 N–H and O–H groups in total. The summed E-state index contributed by atoms with van der Waals surface area (Å²) < 4.78 is 18.3. The number of aromatic nitrogens is 2. The molecule has 6 nitrogen and oxygen atoms in total. The van der Waals surface area contributed by atoms with Crippen LogP contribution in [0.25, 0.3) is 11.4 Å². The fourth-order valence-corrected chi connectivity index (χ4v) is 2.80. The maximum absolute atomic E-state index is 13.0. The Hall–Kier alpha value is -2.77. The normalized spacial score (nSPS) is 11.0. The highest BCUT2D eigenvalue weighted by Gasteiger charge is 2.15. The monoisotopic (exact) mass is 402 g/mol. The number of likely N-dealkylation sites (N-methyl/N-ethyl adjacent to an activating group) is 1. The van der Waals surface area contributed by atoms with Crippen molar-refractivity contribution in [3.63, 3.8) is 0 Å². The Balaban J connectivity index is 1.62. The Morgan fingerprint density at radius 1 is 1.25 bits per heavy atom. The van der Waals surface area contributed by atoms with E-state index in [1.807, 2.05) is 24.8 Å². The molecule has 1 heterocycles. The fraction of sp³-hybridized carbons (Fsp3) is 0.250. The standard InChI is InChI=1S/C20H20ClFN4O2/c1-3-26(11-18(27)23-17-10-15(21)7-4-13(17)2)12-19-24-20(25-28-19)14-5-8-16(22)9-6-14/h4-10H,3,11-12H2,1-2H3,(H,23,27). The average Bonchev–Trinajstić information content (AvgIpc) is 3.13. The molecular formula is C20H20ClFN4O2. The van der Waals surface area contributed by atoms with E-state index < -0.39 is 0 Å². The molecule has 1 amide bonds. The third kappa shape index (κ3) is 5.15. The zero-order valence-electron chi connectivity index (χ0n) is 15.6. The predicted octanol–water partition coefficient (Wildman–Crippen LogP) is 4.30. The molecular weight excluding hydrogens is 383 g/mol. The van der Waals surface area contributed by atoms with Crippen LogP contribution in [0, 0.1) is 12.7 Å².